The van der Waals surface area contributed by atoms with Gasteiger partial charge in [-0.1, -0.05) is 76.3 Å². The van der Waals surface area contributed by atoms with Crippen molar-refractivity contribution < 1.29 is 19.1 Å². The number of halogens is 1. The molecule has 0 atom stereocenters. The number of esters is 1. The first-order chi connectivity index (χ1) is 15.5. The van der Waals surface area contributed by atoms with Crippen LogP contribution in [0.4, 0.5) is 5.69 Å². The molecule has 1 aliphatic rings. The smallest absolute Gasteiger partial charge is 0.344 e. The van der Waals surface area contributed by atoms with E-state index in [2.05, 4.69) is 15.9 Å². The molecular formula is C24H18BrNO4S2. The second-order valence-electron chi connectivity index (χ2n) is 6.79. The van der Waals surface area contributed by atoms with Crippen LogP contribution >= 0.6 is 39.9 Å². The maximum absolute atomic E-state index is 13.3. The Morgan fingerprint density at radius 2 is 1.94 bits per heavy atom. The summed E-state index contributed by atoms with van der Waals surface area (Å²) in [5, 5.41) is 1.98. The molecule has 0 N–H and O–H groups in total. The fraction of sp³-hybridized carbons (Fsp3) is 0.125. The molecule has 8 heteroatoms. The number of hydrogen-bond acceptors (Lipinski definition) is 6. The molecule has 0 saturated carbocycles. The molecular weight excluding hydrogens is 510 g/mol. The first-order valence-corrected chi connectivity index (χ1v) is 11.8. The van der Waals surface area contributed by atoms with Crippen molar-refractivity contribution in [3.8, 4) is 5.75 Å². The monoisotopic (exact) mass is 527 g/mol. The van der Waals surface area contributed by atoms with Crippen molar-refractivity contribution in [2.45, 2.75) is 6.92 Å². The van der Waals surface area contributed by atoms with Gasteiger partial charge in [-0.05, 0) is 42.7 Å². The molecule has 5 nitrogen and oxygen atoms in total. The van der Waals surface area contributed by atoms with E-state index in [-0.39, 0.29) is 19.1 Å². The third-order valence-corrected chi connectivity index (χ3v) is 6.51. The predicted octanol–water partition coefficient (Wildman–Crippen LogP) is 5.95. The summed E-state index contributed by atoms with van der Waals surface area (Å²) < 4.78 is 11.8. The lowest BCUT2D eigenvalue weighted by atomic mass is 10.1. The Balaban J connectivity index is 1.66. The van der Waals surface area contributed by atoms with Gasteiger partial charge in [-0.25, -0.2) is 4.79 Å². The molecule has 1 aliphatic heterocycles. The molecule has 0 aliphatic carbocycles. The van der Waals surface area contributed by atoms with E-state index >= 15 is 0 Å². The van der Waals surface area contributed by atoms with Crippen molar-refractivity contribution in [3.63, 3.8) is 0 Å². The highest BCUT2D eigenvalue weighted by atomic mass is 79.9. The summed E-state index contributed by atoms with van der Waals surface area (Å²) in [7, 11) is 0. The van der Waals surface area contributed by atoms with Gasteiger partial charge in [-0.2, -0.15) is 0 Å². The van der Waals surface area contributed by atoms with E-state index < -0.39 is 5.97 Å². The summed E-state index contributed by atoms with van der Waals surface area (Å²) in [6, 6.07) is 19.0. The van der Waals surface area contributed by atoms with Gasteiger partial charge < -0.3 is 9.47 Å². The van der Waals surface area contributed by atoms with Crippen LogP contribution in [0, 0.1) is 0 Å². The Kier molecular flexibility index (Phi) is 6.93. The Morgan fingerprint density at radius 3 is 2.75 bits per heavy atom. The SMILES string of the molecule is CCOC(=O)COc1ccc(Br)cc1/C=C1\SC(=S)N(c2cccc3ccccc23)C1=O. The van der Waals surface area contributed by atoms with Crippen LogP contribution in [0.1, 0.15) is 12.5 Å². The number of carbonyl (C=O) groups excluding carboxylic acids is 2. The molecule has 0 aromatic heterocycles. The highest BCUT2D eigenvalue weighted by Crippen LogP contribution is 2.40. The zero-order chi connectivity index (χ0) is 22.7. The minimum atomic E-state index is -0.455. The first kappa shape index (κ1) is 22.5. The van der Waals surface area contributed by atoms with Gasteiger partial charge in [0.15, 0.2) is 10.9 Å². The molecule has 3 aromatic rings. The van der Waals surface area contributed by atoms with Crippen LogP contribution < -0.4 is 9.64 Å². The van der Waals surface area contributed by atoms with E-state index in [9.17, 15) is 9.59 Å². The number of anilines is 1. The van der Waals surface area contributed by atoms with Crippen LogP contribution in [0.15, 0.2) is 70.0 Å². The summed E-state index contributed by atoms with van der Waals surface area (Å²) in [4.78, 5) is 27.1. The molecule has 0 bridgehead atoms. The Morgan fingerprint density at radius 1 is 1.16 bits per heavy atom. The van der Waals surface area contributed by atoms with Gasteiger partial charge >= 0.3 is 5.97 Å². The minimum absolute atomic E-state index is 0.201. The molecule has 3 aromatic carbocycles. The van der Waals surface area contributed by atoms with Gasteiger partial charge in [-0.15, -0.1) is 0 Å². The van der Waals surface area contributed by atoms with Crippen molar-refractivity contribution >= 4 is 78.6 Å². The topological polar surface area (TPSA) is 55.8 Å². The quantitative estimate of drug-likeness (QED) is 0.224. The highest BCUT2D eigenvalue weighted by molar-refractivity contribution is 9.10. The van der Waals surface area contributed by atoms with Gasteiger partial charge in [0.1, 0.15) is 5.75 Å². The van der Waals surface area contributed by atoms with Crippen LogP contribution in [-0.4, -0.2) is 29.4 Å². The minimum Gasteiger partial charge on any atom is -0.481 e. The lowest BCUT2D eigenvalue weighted by Gasteiger charge is -2.17. The molecule has 1 heterocycles. The van der Waals surface area contributed by atoms with E-state index in [0.29, 0.717) is 20.5 Å². The third kappa shape index (κ3) is 4.72. The summed E-state index contributed by atoms with van der Waals surface area (Å²) in [6.45, 7) is 1.81. The number of carbonyl (C=O) groups is 2. The fourth-order valence-corrected chi connectivity index (χ4v) is 4.98. The van der Waals surface area contributed by atoms with E-state index in [1.54, 1.807) is 30.0 Å². The van der Waals surface area contributed by atoms with Crippen molar-refractivity contribution in [2.24, 2.45) is 0 Å². The zero-order valence-corrected chi connectivity index (χ0v) is 20.3. The van der Waals surface area contributed by atoms with Gasteiger partial charge in [0.25, 0.3) is 5.91 Å². The Labute approximate surface area is 203 Å². The van der Waals surface area contributed by atoms with Crippen molar-refractivity contribution in [2.75, 3.05) is 18.1 Å². The molecule has 0 unspecified atom stereocenters. The van der Waals surface area contributed by atoms with E-state index in [1.807, 2.05) is 48.5 Å². The number of thioether (sulfide) groups is 1. The van der Waals surface area contributed by atoms with Crippen LogP contribution in [0.2, 0.25) is 0 Å². The van der Waals surface area contributed by atoms with E-state index in [1.165, 1.54) is 11.8 Å². The van der Waals surface area contributed by atoms with Crippen molar-refractivity contribution in [1.82, 2.24) is 0 Å². The van der Waals surface area contributed by atoms with Gasteiger partial charge in [-0.3, -0.25) is 9.69 Å². The first-order valence-electron chi connectivity index (χ1n) is 9.81. The molecule has 32 heavy (non-hydrogen) atoms. The third-order valence-electron chi connectivity index (χ3n) is 4.71. The average molecular weight is 528 g/mol. The largest absolute Gasteiger partial charge is 0.481 e. The van der Waals surface area contributed by atoms with E-state index in [4.69, 9.17) is 21.7 Å². The van der Waals surface area contributed by atoms with Crippen LogP contribution in [0.5, 0.6) is 5.75 Å². The van der Waals surface area contributed by atoms with Gasteiger partial charge in [0.05, 0.1) is 17.2 Å². The number of ether oxygens (including phenoxy) is 2. The predicted molar refractivity (Wildman–Crippen MR) is 136 cm³/mol. The molecule has 162 valence electrons. The molecule has 0 spiro atoms. The molecule has 1 fully saturated rings. The maximum Gasteiger partial charge on any atom is 0.344 e. The number of thiocarbonyl (C=S) groups is 1. The maximum atomic E-state index is 13.3. The van der Waals surface area contributed by atoms with Crippen molar-refractivity contribution in [1.29, 1.82) is 0 Å². The lowest BCUT2D eigenvalue weighted by molar-refractivity contribution is -0.145. The number of fused-ring (bicyclic) bond motifs is 1. The summed E-state index contributed by atoms with van der Waals surface area (Å²) in [5.74, 6) is -0.187. The Bertz CT molecular complexity index is 1250. The van der Waals surface area contributed by atoms with Crippen molar-refractivity contribution in [3.05, 3.63) is 75.6 Å². The van der Waals surface area contributed by atoms with E-state index in [0.717, 1.165) is 20.9 Å². The molecule has 1 amide bonds. The zero-order valence-electron chi connectivity index (χ0n) is 17.0. The second-order valence-corrected chi connectivity index (χ2v) is 9.38. The molecule has 0 radical (unpaired) electrons. The van der Waals surface area contributed by atoms with Crippen LogP contribution in [0.25, 0.3) is 16.8 Å². The number of hydrogen-bond donors (Lipinski definition) is 0. The number of benzene rings is 3. The second kappa shape index (κ2) is 9.85. The number of amides is 1. The van der Waals surface area contributed by atoms with Crippen LogP contribution in [-0.2, 0) is 14.3 Å². The summed E-state index contributed by atoms with van der Waals surface area (Å²) in [5.41, 5.74) is 1.41. The summed E-state index contributed by atoms with van der Waals surface area (Å²) in [6.07, 6.45) is 1.73. The average Bonchev–Trinajstić information content (AvgIpc) is 3.05. The standard InChI is InChI=1S/C24H18BrNO4S2/c1-2-29-22(27)14-30-20-11-10-17(25)12-16(20)13-21-23(28)26(24(31)32-21)19-9-5-7-15-6-3-4-8-18(15)19/h3-13H,2,14H2,1H3/b21-13-. The Hall–Kier alpha value is -2.68. The van der Waals surface area contributed by atoms with Gasteiger partial charge in [0.2, 0.25) is 0 Å². The summed E-state index contributed by atoms with van der Waals surface area (Å²) >= 11 is 10.2. The number of nitrogens with zero attached hydrogens (tertiary/aromatic N) is 1. The highest BCUT2D eigenvalue weighted by Gasteiger charge is 2.34. The fourth-order valence-electron chi connectivity index (χ4n) is 3.32. The van der Waals surface area contributed by atoms with Gasteiger partial charge in [0, 0.05) is 15.4 Å². The molecule has 4 rings (SSSR count). The number of rotatable bonds is 6. The van der Waals surface area contributed by atoms with Crippen LogP contribution in [0.3, 0.4) is 0 Å². The lowest BCUT2D eigenvalue weighted by Crippen LogP contribution is -2.27. The normalized spacial score (nSPS) is 14.9. The molecule has 1 saturated heterocycles.